The Labute approximate surface area is 215 Å². The minimum Gasteiger partial charge on any atom is -0.328 e. The Morgan fingerprint density at radius 2 is 1.61 bits per heavy atom. The Morgan fingerprint density at radius 3 is 2.19 bits per heavy atom. The summed E-state index contributed by atoms with van der Waals surface area (Å²) in [5.41, 5.74) is 2.54. The van der Waals surface area contributed by atoms with Gasteiger partial charge in [-0.25, -0.2) is 13.6 Å². The molecule has 4 atom stereocenters. The molecule has 1 aliphatic carbocycles. The summed E-state index contributed by atoms with van der Waals surface area (Å²) in [4.78, 5) is 20.0. The second kappa shape index (κ2) is 9.86. The lowest BCUT2D eigenvalue weighted by atomic mass is 9.74. The molecule has 3 heterocycles. The number of aryl methyl sites for hydroxylation is 1. The third-order valence-electron chi connectivity index (χ3n) is 9.71. The summed E-state index contributed by atoms with van der Waals surface area (Å²) < 4.78 is 30.8. The molecule has 5 rings (SSSR count). The highest BCUT2D eigenvalue weighted by atomic mass is 19.3. The van der Waals surface area contributed by atoms with E-state index in [-0.39, 0.29) is 23.9 Å². The molecule has 3 aliphatic heterocycles. The van der Waals surface area contributed by atoms with E-state index < -0.39 is 12.0 Å². The van der Waals surface area contributed by atoms with Crippen molar-refractivity contribution < 1.29 is 13.6 Å². The van der Waals surface area contributed by atoms with Crippen LogP contribution in [-0.2, 0) is 5.41 Å². The molecule has 200 valence electrons. The van der Waals surface area contributed by atoms with Crippen LogP contribution in [0.15, 0.2) is 24.3 Å². The average Bonchev–Trinajstić information content (AvgIpc) is 3.09. The number of nitrogens with one attached hydrogen (secondary N) is 1. The molecule has 2 bridgehead atoms. The van der Waals surface area contributed by atoms with Crippen molar-refractivity contribution in [1.82, 2.24) is 20.0 Å². The number of hydrogen-bond acceptors (Lipinski definition) is 3. The third kappa shape index (κ3) is 4.90. The highest BCUT2D eigenvalue weighted by Gasteiger charge is 2.54. The summed E-state index contributed by atoms with van der Waals surface area (Å²) >= 11 is 0. The summed E-state index contributed by atoms with van der Waals surface area (Å²) in [6, 6.07) is 8.04. The number of hydrogen-bond donors (Lipinski definition) is 1. The number of amides is 2. The number of alkyl halides is 2. The molecule has 4 fully saturated rings. The minimum absolute atomic E-state index is 0.0110. The zero-order valence-corrected chi connectivity index (χ0v) is 22.5. The molecule has 0 radical (unpaired) electrons. The van der Waals surface area contributed by atoms with Crippen LogP contribution < -0.4 is 5.32 Å². The van der Waals surface area contributed by atoms with Crippen LogP contribution in [0.4, 0.5) is 13.6 Å². The van der Waals surface area contributed by atoms with Gasteiger partial charge in [-0.3, -0.25) is 9.80 Å². The maximum absolute atomic E-state index is 15.4. The number of piperazine rings is 1. The lowest BCUT2D eigenvalue weighted by molar-refractivity contribution is -0.109. The monoisotopic (exact) mass is 502 g/mol. The highest BCUT2D eigenvalue weighted by Crippen LogP contribution is 2.42. The molecule has 4 aliphatic rings. The van der Waals surface area contributed by atoms with Crippen molar-refractivity contribution in [2.45, 2.75) is 114 Å². The number of benzene rings is 1. The molecule has 1 saturated carbocycles. The van der Waals surface area contributed by atoms with Gasteiger partial charge in [0.1, 0.15) is 6.04 Å². The van der Waals surface area contributed by atoms with E-state index in [1.807, 2.05) is 0 Å². The van der Waals surface area contributed by atoms with Crippen LogP contribution >= 0.6 is 0 Å². The number of likely N-dealkylation sites (tertiary alicyclic amines) is 2. The number of urea groups is 1. The Hall–Kier alpha value is -1.73. The van der Waals surface area contributed by atoms with Crippen molar-refractivity contribution in [1.29, 1.82) is 0 Å². The average molecular weight is 503 g/mol. The first kappa shape index (κ1) is 25.9. The first-order valence-electron chi connectivity index (χ1n) is 14.1. The van der Waals surface area contributed by atoms with Crippen LogP contribution in [0.3, 0.4) is 0 Å². The number of piperidine rings is 1. The number of halogens is 2. The van der Waals surface area contributed by atoms with Crippen molar-refractivity contribution in [3.63, 3.8) is 0 Å². The molecule has 36 heavy (non-hydrogen) atoms. The van der Waals surface area contributed by atoms with Crippen molar-refractivity contribution in [2.24, 2.45) is 0 Å². The smallest absolute Gasteiger partial charge is 0.317 e. The van der Waals surface area contributed by atoms with E-state index >= 15 is 8.78 Å². The zero-order valence-electron chi connectivity index (χ0n) is 22.5. The first-order chi connectivity index (χ1) is 17.1. The van der Waals surface area contributed by atoms with Gasteiger partial charge in [-0.2, -0.15) is 0 Å². The van der Waals surface area contributed by atoms with Gasteiger partial charge in [-0.15, -0.1) is 0 Å². The largest absolute Gasteiger partial charge is 0.328 e. The quantitative estimate of drug-likeness (QED) is 0.617. The van der Waals surface area contributed by atoms with Crippen LogP contribution in [0.1, 0.15) is 76.8 Å². The minimum atomic E-state index is -2.88. The maximum atomic E-state index is 15.4. The number of rotatable bonds is 4. The fraction of sp³-hybridized carbons (Fsp3) is 0.759. The van der Waals surface area contributed by atoms with Crippen molar-refractivity contribution in [3.8, 4) is 0 Å². The van der Waals surface area contributed by atoms with Crippen molar-refractivity contribution in [3.05, 3.63) is 35.4 Å². The number of carbonyl (C=O) groups excluding carboxylic acids is 1. The standard InChI is InChI=1S/C29H44F2N4O/c1-20(2)34-18-23-11-12-24(19-34)35(23)25-6-5-13-29(30,31)26(25)32-27(36)33-16-14-28(4,15-17-33)22-9-7-21(3)8-10-22/h7-10,20,23-26H,5-6,11-19H2,1-4H3,(H,32,36)/t23?,24?,25-,26+/m0/s1. The Bertz CT molecular complexity index is 914. The normalized spacial score (nSPS) is 32.6. The molecule has 3 saturated heterocycles. The second-order valence-corrected chi connectivity index (χ2v) is 12.4. The van der Waals surface area contributed by atoms with Gasteiger partial charge in [0.15, 0.2) is 0 Å². The summed E-state index contributed by atoms with van der Waals surface area (Å²) in [5, 5.41) is 2.89. The van der Waals surface area contributed by atoms with E-state index in [1.165, 1.54) is 11.1 Å². The maximum Gasteiger partial charge on any atom is 0.317 e. The summed E-state index contributed by atoms with van der Waals surface area (Å²) in [6.45, 7) is 11.9. The van der Waals surface area contributed by atoms with E-state index in [4.69, 9.17) is 0 Å². The Morgan fingerprint density at radius 1 is 1.00 bits per heavy atom. The first-order valence-corrected chi connectivity index (χ1v) is 14.1. The van der Waals surface area contributed by atoms with Crippen LogP contribution in [0.5, 0.6) is 0 Å². The van der Waals surface area contributed by atoms with E-state index in [9.17, 15) is 4.79 Å². The molecule has 1 aromatic rings. The van der Waals surface area contributed by atoms with Crippen LogP contribution in [0, 0.1) is 6.92 Å². The molecule has 1 aromatic carbocycles. The lowest BCUT2D eigenvalue weighted by Crippen LogP contribution is -2.68. The second-order valence-electron chi connectivity index (χ2n) is 12.4. The molecule has 2 amide bonds. The van der Waals surface area contributed by atoms with Gasteiger partial charge in [0.25, 0.3) is 5.92 Å². The van der Waals surface area contributed by atoms with Crippen LogP contribution in [-0.4, -0.2) is 83.0 Å². The van der Waals surface area contributed by atoms with Gasteiger partial charge in [0.05, 0.1) is 0 Å². The summed E-state index contributed by atoms with van der Waals surface area (Å²) in [7, 11) is 0. The van der Waals surface area contributed by atoms with Gasteiger partial charge in [0, 0.05) is 56.8 Å². The van der Waals surface area contributed by atoms with Gasteiger partial charge in [-0.1, -0.05) is 36.8 Å². The fourth-order valence-electron chi connectivity index (χ4n) is 7.28. The Balaban J connectivity index is 1.26. The van der Waals surface area contributed by atoms with Gasteiger partial charge in [-0.05, 0) is 70.3 Å². The molecule has 0 aromatic heterocycles. The highest BCUT2D eigenvalue weighted by molar-refractivity contribution is 5.75. The number of carbonyl (C=O) groups is 1. The predicted molar refractivity (Wildman–Crippen MR) is 140 cm³/mol. The molecular weight excluding hydrogens is 458 g/mol. The lowest BCUT2D eigenvalue weighted by Gasteiger charge is -2.51. The van der Waals surface area contributed by atoms with Gasteiger partial charge in [0.2, 0.25) is 0 Å². The van der Waals surface area contributed by atoms with Crippen LogP contribution in [0.2, 0.25) is 0 Å². The number of nitrogens with zero attached hydrogens (tertiary/aromatic N) is 3. The molecule has 5 nitrogen and oxygen atoms in total. The molecule has 2 unspecified atom stereocenters. The SMILES string of the molecule is Cc1ccc(C2(C)CCN(C(=O)N[C@@H]3[C@@H](N4C5CCC4CN(C(C)C)C5)CCCC3(F)F)CC2)cc1. The van der Waals surface area contributed by atoms with E-state index in [2.05, 4.69) is 67.1 Å². The Kier molecular flexibility index (Phi) is 7.10. The van der Waals surface area contributed by atoms with Crippen molar-refractivity contribution in [2.75, 3.05) is 26.2 Å². The van der Waals surface area contributed by atoms with E-state index in [0.717, 1.165) is 45.2 Å². The molecule has 7 heteroatoms. The third-order valence-corrected chi connectivity index (χ3v) is 9.71. The fourth-order valence-corrected chi connectivity index (χ4v) is 7.28. The van der Waals surface area contributed by atoms with Gasteiger partial charge >= 0.3 is 6.03 Å². The summed E-state index contributed by atoms with van der Waals surface area (Å²) in [5.74, 6) is -2.88. The topological polar surface area (TPSA) is 38.8 Å². The van der Waals surface area contributed by atoms with Gasteiger partial charge < -0.3 is 10.2 Å². The van der Waals surface area contributed by atoms with E-state index in [1.54, 1.807) is 4.90 Å². The summed E-state index contributed by atoms with van der Waals surface area (Å²) in [6.07, 6.45) is 4.94. The predicted octanol–water partition coefficient (Wildman–Crippen LogP) is 5.17. The van der Waals surface area contributed by atoms with Crippen LogP contribution in [0.25, 0.3) is 0 Å². The van der Waals surface area contributed by atoms with Crippen molar-refractivity contribution >= 4 is 6.03 Å². The zero-order chi connectivity index (χ0) is 25.7. The molecular formula is C29H44F2N4O. The molecule has 1 N–H and O–H groups in total. The molecule has 0 spiro atoms. The van der Waals surface area contributed by atoms with E-state index in [0.29, 0.717) is 37.6 Å². The number of fused-ring (bicyclic) bond motifs is 2.